The highest BCUT2D eigenvalue weighted by atomic mass is 32.2. The number of sulfone groups is 1. The summed E-state index contributed by atoms with van der Waals surface area (Å²) in [6, 6.07) is 7.52. The largest absolute Gasteiger partial charge is 0.506 e. The van der Waals surface area contributed by atoms with Crippen LogP contribution in [0.1, 0.15) is 12.6 Å². The van der Waals surface area contributed by atoms with Gasteiger partial charge in [-0.2, -0.15) is 0 Å². The van der Waals surface area contributed by atoms with Gasteiger partial charge in [-0.15, -0.1) is 0 Å². The molecule has 0 atom stereocenters. The summed E-state index contributed by atoms with van der Waals surface area (Å²) in [5, 5.41) is 12.7. The van der Waals surface area contributed by atoms with Crippen molar-refractivity contribution in [2.75, 3.05) is 16.8 Å². The van der Waals surface area contributed by atoms with Gasteiger partial charge in [0.2, 0.25) is 0 Å². The van der Waals surface area contributed by atoms with Crippen LogP contribution in [0.3, 0.4) is 0 Å². The lowest BCUT2D eigenvalue weighted by Crippen LogP contribution is -2.05. The van der Waals surface area contributed by atoms with Crippen molar-refractivity contribution < 1.29 is 13.5 Å². The van der Waals surface area contributed by atoms with Crippen molar-refractivity contribution in [1.29, 1.82) is 0 Å². The average Bonchev–Trinajstić information content (AvgIpc) is 2.45. The van der Waals surface area contributed by atoms with Crippen LogP contribution in [0.4, 0.5) is 17.2 Å². The van der Waals surface area contributed by atoms with Crippen molar-refractivity contribution in [3.8, 4) is 5.75 Å². The molecule has 6 nitrogen and oxygen atoms in total. The zero-order valence-electron chi connectivity index (χ0n) is 11.8. The van der Waals surface area contributed by atoms with Crippen LogP contribution in [0.25, 0.3) is 0 Å². The van der Waals surface area contributed by atoms with Crippen molar-refractivity contribution in [1.82, 2.24) is 4.98 Å². The van der Waals surface area contributed by atoms with Gasteiger partial charge in [0, 0.05) is 5.69 Å². The topological polar surface area (TPSA) is 105 Å². The summed E-state index contributed by atoms with van der Waals surface area (Å²) in [6.45, 7) is 3.37. The molecule has 7 heteroatoms. The molecule has 0 spiro atoms. The Morgan fingerprint density at radius 2 is 2.00 bits per heavy atom. The van der Waals surface area contributed by atoms with Gasteiger partial charge in [-0.1, -0.05) is 6.92 Å². The van der Waals surface area contributed by atoms with Crippen molar-refractivity contribution in [3.63, 3.8) is 0 Å². The third kappa shape index (κ3) is 3.25. The SMILES string of the molecule is CCS(=O)(=O)c1ccc(O)c(Nc2nc(C)ccc2N)c1. The van der Waals surface area contributed by atoms with Crippen LogP contribution in [-0.2, 0) is 9.84 Å². The van der Waals surface area contributed by atoms with Crippen LogP contribution in [0.5, 0.6) is 5.75 Å². The van der Waals surface area contributed by atoms with E-state index in [-0.39, 0.29) is 22.1 Å². The Hall–Kier alpha value is -2.28. The van der Waals surface area contributed by atoms with Gasteiger partial charge < -0.3 is 16.2 Å². The molecule has 21 heavy (non-hydrogen) atoms. The first-order valence-electron chi connectivity index (χ1n) is 6.39. The molecule has 0 aliphatic carbocycles. The molecule has 0 saturated carbocycles. The minimum atomic E-state index is -3.35. The summed E-state index contributed by atoms with van der Waals surface area (Å²) in [6.07, 6.45) is 0. The molecule has 0 unspecified atom stereocenters. The molecule has 0 aliphatic heterocycles. The Balaban J connectivity index is 2.45. The molecule has 0 radical (unpaired) electrons. The summed E-state index contributed by atoms with van der Waals surface area (Å²) in [5.41, 5.74) is 7.22. The zero-order chi connectivity index (χ0) is 15.6. The summed E-state index contributed by atoms with van der Waals surface area (Å²) in [5.74, 6) is 0.284. The number of aromatic nitrogens is 1. The smallest absolute Gasteiger partial charge is 0.178 e. The number of anilines is 3. The molecule has 0 fully saturated rings. The van der Waals surface area contributed by atoms with Gasteiger partial charge in [0.25, 0.3) is 0 Å². The molecule has 0 aliphatic rings. The van der Waals surface area contributed by atoms with Crippen molar-refractivity contribution in [2.24, 2.45) is 0 Å². The first kappa shape index (κ1) is 15.1. The first-order valence-corrected chi connectivity index (χ1v) is 8.04. The van der Waals surface area contributed by atoms with Gasteiger partial charge in [-0.25, -0.2) is 13.4 Å². The number of rotatable bonds is 4. The minimum Gasteiger partial charge on any atom is -0.506 e. The fraction of sp³-hybridized carbons (Fsp3) is 0.214. The van der Waals surface area contributed by atoms with Crippen LogP contribution in [0, 0.1) is 6.92 Å². The predicted octanol–water partition coefficient (Wildman–Crippen LogP) is 2.22. The molecule has 1 aromatic carbocycles. The second kappa shape index (κ2) is 5.61. The van der Waals surface area contributed by atoms with E-state index in [1.807, 2.05) is 6.92 Å². The number of hydrogen-bond acceptors (Lipinski definition) is 6. The number of phenols is 1. The van der Waals surface area contributed by atoms with E-state index >= 15 is 0 Å². The Bertz CT molecular complexity index is 773. The van der Waals surface area contributed by atoms with E-state index in [2.05, 4.69) is 10.3 Å². The average molecular weight is 307 g/mol. The fourth-order valence-corrected chi connectivity index (χ4v) is 2.68. The first-order chi connectivity index (χ1) is 9.83. The number of phenolic OH excluding ortho intramolecular Hbond substituents is 1. The lowest BCUT2D eigenvalue weighted by Gasteiger charge is -2.12. The van der Waals surface area contributed by atoms with Crippen molar-refractivity contribution in [3.05, 3.63) is 36.0 Å². The van der Waals surface area contributed by atoms with Crippen LogP contribution in [0.2, 0.25) is 0 Å². The van der Waals surface area contributed by atoms with Crippen LogP contribution in [0.15, 0.2) is 35.2 Å². The van der Waals surface area contributed by atoms with Gasteiger partial charge in [0.05, 0.1) is 22.0 Å². The quantitative estimate of drug-likeness (QED) is 0.748. The molecule has 0 bridgehead atoms. The molecule has 0 saturated heterocycles. The summed E-state index contributed by atoms with van der Waals surface area (Å²) < 4.78 is 23.8. The molecule has 1 aromatic heterocycles. The lowest BCUT2D eigenvalue weighted by molar-refractivity contribution is 0.477. The van der Waals surface area contributed by atoms with Gasteiger partial charge in [0.1, 0.15) is 5.75 Å². The second-order valence-corrected chi connectivity index (χ2v) is 6.88. The Morgan fingerprint density at radius 3 is 2.67 bits per heavy atom. The number of aromatic hydroxyl groups is 1. The maximum atomic E-state index is 11.9. The van der Waals surface area contributed by atoms with E-state index in [0.717, 1.165) is 5.69 Å². The Kier molecular flexibility index (Phi) is 4.04. The number of nitrogens with two attached hydrogens (primary N) is 1. The van der Waals surface area contributed by atoms with Crippen LogP contribution in [-0.4, -0.2) is 24.3 Å². The molecular formula is C14H17N3O3S. The maximum Gasteiger partial charge on any atom is 0.178 e. The molecule has 1 heterocycles. The number of pyridine rings is 1. The number of nitrogens with one attached hydrogen (secondary N) is 1. The monoisotopic (exact) mass is 307 g/mol. The maximum absolute atomic E-state index is 11.9. The molecule has 112 valence electrons. The normalized spacial score (nSPS) is 11.3. The predicted molar refractivity (Wildman–Crippen MR) is 82.5 cm³/mol. The number of benzene rings is 1. The molecular weight excluding hydrogens is 290 g/mol. The fourth-order valence-electron chi connectivity index (χ4n) is 1.77. The second-order valence-electron chi connectivity index (χ2n) is 4.60. The highest BCUT2D eigenvalue weighted by Gasteiger charge is 2.15. The van der Waals surface area contributed by atoms with Gasteiger partial charge >= 0.3 is 0 Å². The lowest BCUT2D eigenvalue weighted by atomic mass is 10.2. The van der Waals surface area contributed by atoms with E-state index in [9.17, 15) is 13.5 Å². The van der Waals surface area contributed by atoms with Crippen LogP contribution >= 0.6 is 0 Å². The zero-order valence-corrected chi connectivity index (χ0v) is 12.6. The molecule has 0 amide bonds. The third-order valence-electron chi connectivity index (χ3n) is 3.03. The van der Waals surface area contributed by atoms with E-state index in [1.165, 1.54) is 18.2 Å². The van der Waals surface area contributed by atoms with E-state index in [4.69, 9.17) is 5.73 Å². The highest BCUT2D eigenvalue weighted by molar-refractivity contribution is 7.91. The molecule has 4 N–H and O–H groups in total. The summed E-state index contributed by atoms with van der Waals surface area (Å²) in [4.78, 5) is 4.36. The standard InChI is InChI=1S/C14H17N3O3S/c1-3-21(19,20)10-5-7-13(18)12(8-10)17-14-11(15)6-4-9(2)16-14/h4-8,18H,3,15H2,1-2H3,(H,16,17). The number of aryl methyl sites for hydroxylation is 1. The van der Waals surface area contributed by atoms with Gasteiger partial charge in [-0.3, -0.25) is 0 Å². The van der Waals surface area contributed by atoms with E-state index in [1.54, 1.807) is 19.1 Å². The Morgan fingerprint density at radius 1 is 1.29 bits per heavy atom. The van der Waals surface area contributed by atoms with E-state index in [0.29, 0.717) is 11.5 Å². The summed E-state index contributed by atoms with van der Waals surface area (Å²) >= 11 is 0. The van der Waals surface area contributed by atoms with Crippen molar-refractivity contribution >= 4 is 27.0 Å². The molecule has 2 rings (SSSR count). The molecule has 2 aromatic rings. The van der Waals surface area contributed by atoms with Gasteiger partial charge in [0.15, 0.2) is 15.7 Å². The van der Waals surface area contributed by atoms with Gasteiger partial charge in [-0.05, 0) is 37.3 Å². The number of hydrogen-bond donors (Lipinski definition) is 3. The minimum absolute atomic E-state index is 0.0119. The Labute approximate surface area is 123 Å². The third-order valence-corrected chi connectivity index (χ3v) is 4.76. The highest BCUT2D eigenvalue weighted by Crippen LogP contribution is 2.31. The number of nitrogens with zero attached hydrogens (tertiary/aromatic N) is 1. The number of nitrogen functional groups attached to an aromatic ring is 1. The van der Waals surface area contributed by atoms with Crippen molar-refractivity contribution in [2.45, 2.75) is 18.7 Å². The van der Waals surface area contributed by atoms with Crippen LogP contribution < -0.4 is 11.1 Å². The summed E-state index contributed by atoms with van der Waals surface area (Å²) in [7, 11) is -3.35. The van der Waals surface area contributed by atoms with E-state index < -0.39 is 9.84 Å².